The maximum absolute atomic E-state index is 13.2. The Morgan fingerprint density at radius 2 is 1.91 bits per heavy atom. The molecule has 1 atom stereocenters. The van der Waals surface area contributed by atoms with Crippen LogP contribution in [-0.4, -0.2) is 58.5 Å². The lowest BCUT2D eigenvalue weighted by Gasteiger charge is -2.45. The highest BCUT2D eigenvalue weighted by Gasteiger charge is 2.47. The summed E-state index contributed by atoms with van der Waals surface area (Å²) in [7, 11) is -3.86. The highest BCUT2D eigenvalue weighted by atomic mass is 32.2. The average Bonchev–Trinajstić information content (AvgIpc) is 3.25. The van der Waals surface area contributed by atoms with Crippen LogP contribution in [0.25, 0.3) is 11.0 Å². The summed E-state index contributed by atoms with van der Waals surface area (Å²) in [5, 5.41) is 6.80. The number of nitrogens with one attached hydrogen (secondary N) is 2. The number of carbonyl (C=O) groups is 2. The van der Waals surface area contributed by atoms with Gasteiger partial charge in [-0.2, -0.15) is 0 Å². The number of amides is 2. The third kappa shape index (κ3) is 3.99. The lowest BCUT2D eigenvalue weighted by Crippen LogP contribution is -2.62. The van der Waals surface area contributed by atoms with E-state index in [2.05, 4.69) is 15.6 Å². The van der Waals surface area contributed by atoms with Crippen molar-refractivity contribution in [1.29, 1.82) is 0 Å². The van der Waals surface area contributed by atoms with Gasteiger partial charge < -0.3 is 20.3 Å². The van der Waals surface area contributed by atoms with Gasteiger partial charge in [-0.3, -0.25) is 4.79 Å². The maximum Gasteiger partial charge on any atom is 0.410 e. The van der Waals surface area contributed by atoms with Crippen LogP contribution in [-0.2, 0) is 19.6 Å². The van der Waals surface area contributed by atoms with Crippen molar-refractivity contribution in [2.45, 2.75) is 49.6 Å². The normalized spacial score (nSPS) is 20.3. The summed E-state index contributed by atoms with van der Waals surface area (Å²) in [6, 6.07) is 9.79. The van der Waals surface area contributed by atoms with E-state index in [1.54, 1.807) is 45.0 Å². The molecule has 3 aromatic rings. The van der Waals surface area contributed by atoms with E-state index in [4.69, 9.17) is 4.74 Å². The number of rotatable bonds is 2. The minimum atomic E-state index is -3.86. The van der Waals surface area contributed by atoms with E-state index in [0.717, 1.165) is 3.97 Å². The number of ether oxygens (including phenoxy) is 1. The quantitative estimate of drug-likeness (QED) is 0.556. The molecule has 11 heteroatoms. The highest BCUT2D eigenvalue weighted by molar-refractivity contribution is 7.90. The molecule has 2 N–H and O–H groups in total. The number of pyridine rings is 1. The zero-order valence-electron chi connectivity index (χ0n) is 19.7. The van der Waals surface area contributed by atoms with E-state index in [9.17, 15) is 18.0 Å². The van der Waals surface area contributed by atoms with Crippen molar-refractivity contribution in [1.82, 2.24) is 13.9 Å². The molecule has 1 spiro atoms. The van der Waals surface area contributed by atoms with Crippen molar-refractivity contribution in [3.05, 3.63) is 48.8 Å². The van der Waals surface area contributed by atoms with Crippen LogP contribution in [0.2, 0.25) is 0 Å². The second-order valence-corrected chi connectivity index (χ2v) is 11.7. The van der Waals surface area contributed by atoms with Crippen LogP contribution in [0.1, 0.15) is 33.6 Å². The number of hydrogen-bond acceptors (Lipinski definition) is 7. The molecule has 1 saturated heterocycles. The number of hydrogen-bond donors (Lipinski definition) is 2. The Balaban J connectivity index is 1.52. The summed E-state index contributed by atoms with van der Waals surface area (Å²) in [6.45, 7) is 5.99. The SMILES string of the molecule is CC(C)(C)OC(=O)N1CCCC2(C1)Nc1c(cnc3c1ccn3S(=O)(=O)c1ccccc1)NC2=O. The highest BCUT2D eigenvalue weighted by Crippen LogP contribution is 2.40. The molecular formula is C24H27N5O5S. The zero-order chi connectivity index (χ0) is 25.0. The Kier molecular flexibility index (Phi) is 5.28. The van der Waals surface area contributed by atoms with Gasteiger partial charge in [-0.15, -0.1) is 0 Å². The van der Waals surface area contributed by atoms with E-state index < -0.39 is 27.3 Å². The van der Waals surface area contributed by atoms with Gasteiger partial charge in [0, 0.05) is 18.1 Å². The molecule has 1 unspecified atom stereocenters. The van der Waals surface area contributed by atoms with E-state index in [1.165, 1.54) is 29.4 Å². The molecular weight excluding hydrogens is 470 g/mol. The van der Waals surface area contributed by atoms with E-state index in [-0.39, 0.29) is 23.0 Å². The molecule has 0 radical (unpaired) electrons. The Morgan fingerprint density at radius 3 is 2.63 bits per heavy atom. The Bertz CT molecular complexity index is 1430. The zero-order valence-corrected chi connectivity index (χ0v) is 20.6. The van der Waals surface area contributed by atoms with E-state index in [1.807, 2.05) is 0 Å². The topological polar surface area (TPSA) is 123 Å². The second kappa shape index (κ2) is 7.98. The first-order chi connectivity index (χ1) is 16.5. The van der Waals surface area contributed by atoms with Crippen LogP contribution in [0.4, 0.5) is 16.2 Å². The number of fused-ring (bicyclic) bond motifs is 3. The molecule has 2 aromatic heterocycles. The minimum Gasteiger partial charge on any atom is -0.444 e. The van der Waals surface area contributed by atoms with Gasteiger partial charge in [0.25, 0.3) is 15.9 Å². The van der Waals surface area contributed by atoms with Gasteiger partial charge in [-0.25, -0.2) is 22.2 Å². The number of likely N-dealkylation sites (tertiary alicyclic amines) is 1. The van der Waals surface area contributed by atoms with Gasteiger partial charge in [-0.05, 0) is 51.8 Å². The largest absolute Gasteiger partial charge is 0.444 e. The summed E-state index contributed by atoms with van der Waals surface area (Å²) >= 11 is 0. The fraction of sp³-hybridized carbons (Fsp3) is 0.375. The number of anilines is 2. The Hall–Kier alpha value is -3.60. The summed E-state index contributed by atoms with van der Waals surface area (Å²) in [4.78, 5) is 31.9. The Morgan fingerprint density at radius 1 is 1.17 bits per heavy atom. The fourth-order valence-corrected chi connectivity index (χ4v) is 5.88. The van der Waals surface area contributed by atoms with Crippen molar-refractivity contribution in [2.75, 3.05) is 23.7 Å². The summed E-state index contributed by atoms with van der Waals surface area (Å²) < 4.78 is 33.1. The lowest BCUT2D eigenvalue weighted by molar-refractivity contribution is -0.122. The van der Waals surface area contributed by atoms with Gasteiger partial charge >= 0.3 is 6.09 Å². The van der Waals surface area contributed by atoms with E-state index in [0.29, 0.717) is 36.1 Å². The molecule has 184 valence electrons. The number of aromatic nitrogens is 2. The van der Waals surface area contributed by atoms with Gasteiger partial charge in [0.2, 0.25) is 0 Å². The summed E-state index contributed by atoms with van der Waals surface area (Å²) in [6.07, 6.45) is 3.54. The van der Waals surface area contributed by atoms with Crippen molar-refractivity contribution >= 4 is 44.4 Å². The summed E-state index contributed by atoms with van der Waals surface area (Å²) in [5.74, 6) is -0.268. The van der Waals surface area contributed by atoms with Crippen LogP contribution in [0.3, 0.4) is 0 Å². The minimum absolute atomic E-state index is 0.125. The van der Waals surface area contributed by atoms with Gasteiger partial charge in [0.15, 0.2) is 5.65 Å². The first-order valence-corrected chi connectivity index (χ1v) is 12.8. The Labute approximate surface area is 203 Å². The molecule has 0 bridgehead atoms. The van der Waals surface area contributed by atoms with Crippen LogP contribution in [0.15, 0.2) is 53.7 Å². The number of carbonyl (C=O) groups excluding carboxylic acids is 2. The van der Waals surface area contributed by atoms with Gasteiger partial charge in [0.1, 0.15) is 11.1 Å². The third-order valence-electron chi connectivity index (χ3n) is 6.17. The van der Waals surface area contributed by atoms with Crippen molar-refractivity contribution < 1.29 is 22.7 Å². The molecule has 2 aliphatic rings. The number of piperidine rings is 1. The molecule has 2 amide bonds. The molecule has 1 aromatic carbocycles. The molecule has 10 nitrogen and oxygen atoms in total. The van der Waals surface area contributed by atoms with Crippen LogP contribution < -0.4 is 10.6 Å². The molecule has 0 saturated carbocycles. The van der Waals surface area contributed by atoms with Gasteiger partial charge in [0.05, 0.1) is 29.0 Å². The maximum atomic E-state index is 13.2. The van der Waals surface area contributed by atoms with Crippen molar-refractivity contribution in [2.24, 2.45) is 0 Å². The predicted octanol–water partition coefficient (Wildman–Crippen LogP) is 3.41. The monoisotopic (exact) mass is 497 g/mol. The predicted molar refractivity (Wildman–Crippen MR) is 131 cm³/mol. The van der Waals surface area contributed by atoms with Crippen molar-refractivity contribution in [3.63, 3.8) is 0 Å². The van der Waals surface area contributed by atoms with Crippen LogP contribution in [0, 0.1) is 0 Å². The molecule has 5 rings (SSSR count). The molecule has 0 aliphatic carbocycles. The lowest BCUT2D eigenvalue weighted by atomic mass is 9.86. The second-order valence-electron chi connectivity index (χ2n) is 9.88. The molecule has 1 fully saturated rings. The van der Waals surface area contributed by atoms with Crippen molar-refractivity contribution in [3.8, 4) is 0 Å². The fourth-order valence-electron chi connectivity index (χ4n) is 4.56. The summed E-state index contributed by atoms with van der Waals surface area (Å²) in [5.41, 5.74) is -0.454. The number of nitrogens with zero attached hydrogens (tertiary/aromatic N) is 3. The van der Waals surface area contributed by atoms with Crippen LogP contribution >= 0.6 is 0 Å². The molecule has 2 aliphatic heterocycles. The van der Waals surface area contributed by atoms with E-state index >= 15 is 0 Å². The van der Waals surface area contributed by atoms with Gasteiger partial charge in [-0.1, -0.05) is 18.2 Å². The first-order valence-electron chi connectivity index (χ1n) is 11.4. The third-order valence-corrected chi connectivity index (χ3v) is 7.85. The molecule has 4 heterocycles. The molecule has 35 heavy (non-hydrogen) atoms. The average molecular weight is 498 g/mol. The van der Waals surface area contributed by atoms with Crippen LogP contribution in [0.5, 0.6) is 0 Å². The number of benzene rings is 1. The standard InChI is InChI=1S/C24H27N5O5S/c1-23(2,3)34-22(31)28-12-7-11-24(15-28)21(30)26-18-14-25-20-17(19(18)27-24)10-13-29(20)35(32,33)16-8-5-4-6-9-16/h4-6,8-10,13-14,27H,7,11-12,15H2,1-3H3,(H,26,30). The first kappa shape index (κ1) is 23.2. The smallest absolute Gasteiger partial charge is 0.410 e.